The summed E-state index contributed by atoms with van der Waals surface area (Å²) in [5, 5.41) is 8.78. The van der Waals surface area contributed by atoms with Gasteiger partial charge in [0.15, 0.2) is 0 Å². The molecule has 0 atom stereocenters. The van der Waals surface area contributed by atoms with Crippen molar-refractivity contribution in [2.45, 2.75) is 25.4 Å². The van der Waals surface area contributed by atoms with E-state index in [1.165, 1.54) is 0 Å². The lowest BCUT2D eigenvalue weighted by Crippen LogP contribution is -2.21. The van der Waals surface area contributed by atoms with Gasteiger partial charge in [0.1, 0.15) is 22.2 Å². The van der Waals surface area contributed by atoms with E-state index >= 15 is 0 Å². The van der Waals surface area contributed by atoms with Gasteiger partial charge in [-0.15, -0.1) is 0 Å². The lowest BCUT2D eigenvalue weighted by molar-refractivity contribution is 0.233. The third-order valence-corrected chi connectivity index (χ3v) is 4.38. The number of sulfone groups is 1. The second-order valence-electron chi connectivity index (χ2n) is 3.74. The Morgan fingerprint density at radius 2 is 2.13 bits per heavy atom. The Bertz CT molecular complexity index is 423. The average Bonchev–Trinajstić information content (AvgIpc) is 2.66. The van der Waals surface area contributed by atoms with E-state index in [2.05, 4.69) is 4.98 Å². The van der Waals surface area contributed by atoms with Gasteiger partial charge in [0.25, 0.3) is 0 Å². The Balaban J connectivity index is 2.07. The molecule has 0 aliphatic carbocycles. The van der Waals surface area contributed by atoms with Crippen LogP contribution >= 0.6 is 0 Å². The molecular formula is C9H13NO4S. The summed E-state index contributed by atoms with van der Waals surface area (Å²) >= 11 is 0. The molecule has 0 spiro atoms. The van der Waals surface area contributed by atoms with Crippen LogP contribution in [0.1, 0.15) is 30.4 Å². The van der Waals surface area contributed by atoms with E-state index in [0.29, 0.717) is 24.5 Å². The van der Waals surface area contributed by atoms with E-state index in [4.69, 9.17) is 9.52 Å². The van der Waals surface area contributed by atoms with Gasteiger partial charge in [-0.3, -0.25) is 0 Å². The maximum Gasteiger partial charge on any atom is 0.220 e. The quantitative estimate of drug-likeness (QED) is 0.799. The summed E-state index contributed by atoms with van der Waals surface area (Å²) in [6, 6.07) is 0. The Morgan fingerprint density at radius 3 is 2.67 bits per heavy atom. The van der Waals surface area contributed by atoms with Crippen molar-refractivity contribution in [3.05, 3.63) is 17.8 Å². The molecule has 1 saturated heterocycles. The topological polar surface area (TPSA) is 80.4 Å². The first-order chi connectivity index (χ1) is 7.11. The van der Waals surface area contributed by atoms with Crippen molar-refractivity contribution in [2.24, 2.45) is 0 Å². The third kappa shape index (κ3) is 2.38. The number of aliphatic hydroxyl groups excluding tert-OH is 1. The second kappa shape index (κ2) is 3.94. The normalized spacial score (nSPS) is 21.7. The van der Waals surface area contributed by atoms with Gasteiger partial charge in [0.05, 0.1) is 17.7 Å². The van der Waals surface area contributed by atoms with Crippen LogP contribution in [-0.4, -0.2) is 30.0 Å². The van der Waals surface area contributed by atoms with Crippen molar-refractivity contribution >= 4 is 9.84 Å². The van der Waals surface area contributed by atoms with Crippen LogP contribution in [0.5, 0.6) is 0 Å². The third-order valence-electron chi connectivity index (χ3n) is 2.66. The molecule has 1 aliphatic heterocycles. The van der Waals surface area contributed by atoms with Crippen molar-refractivity contribution in [3.63, 3.8) is 0 Å². The van der Waals surface area contributed by atoms with Crippen LogP contribution < -0.4 is 0 Å². The van der Waals surface area contributed by atoms with Gasteiger partial charge in [-0.05, 0) is 12.8 Å². The number of hydrogen-bond donors (Lipinski definition) is 1. The molecule has 2 heterocycles. The predicted octanol–water partition coefficient (Wildman–Crippen LogP) is 0.459. The van der Waals surface area contributed by atoms with Gasteiger partial charge in [-0.1, -0.05) is 0 Å². The maximum absolute atomic E-state index is 11.2. The number of aliphatic hydroxyl groups is 1. The molecular weight excluding hydrogens is 218 g/mol. The summed E-state index contributed by atoms with van der Waals surface area (Å²) in [6.45, 7) is -0.217. The minimum Gasteiger partial charge on any atom is -0.443 e. The smallest absolute Gasteiger partial charge is 0.220 e. The van der Waals surface area contributed by atoms with E-state index in [1.54, 1.807) is 6.20 Å². The first-order valence-electron chi connectivity index (χ1n) is 4.86. The van der Waals surface area contributed by atoms with E-state index < -0.39 is 9.84 Å². The van der Waals surface area contributed by atoms with Crippen molar-refractivity contribution < 1.29 is 17.9 Å². The summed E-state index contributed by atoms with van der Waals surface area (Å²) in [5.74, 6) is 1.54. The van der Waals surface area contributed by atoms with E-state index in [-0.39, 0.29) is 24.0 Å². The van der Waals surface area contributed by atoms with Crippen molar-refractivity contribution in [1.29, 1.82) is 0 Å². The van der Waals surface area contributed by atoms with Gasteiger partial charge in [-0.2, -0.15) is 0 Å². The first-order valence-corrected chi connectivity index (χ1v) is 6.69. The van der Waals surface area contributed by atoms with Crippen LogP contribution in [0.2, 0.25) is 0 Å². The van der Waals surface area contributed by atoms with Crippen LogP contribution in [0.15, 0.2) is 10.6 Å². The second-order valence-corrected chi connectivity index (χ2v) is 6.04. The molecule has 84 valence electrons. The molecule has 1 aliphatic rings. The molecule has 5 nitrogen and oxygen atoms in total. The molecule has 1 fully saturated rings. The summed E-state index contributed by atoms with van der Waals surface area (Å²) in [6.07, 6.45) is 2.75. The molecule has 1 N–H and O–H groups in total. The summed E-state index contributed by atoms with van der Waals surface area (Å²) in [4.78, 5) is 3.88. The Morgan fingerprint density at radius 1 is 1.47 bits per heavy atom. The van der Waals surface area contributed by atoms with Crippen LogP contribution in [0.4, 0.5) is 0 Å². The fourth-order valence-electron chi connectivity index (χ4n) is 1.76. The molecule has 6 heteroatoms. The molecule has 2 rings (SSSR count). The van der Waals surface area contributed by atoms with Gasteiger partial charge in [-0.25, -0.2) is 13.4 Å². The van der Waals surface area contributed by atoms with E-state index in [1.807, 2.05) is 0 Å². The standard InChI is InChI=1S/C9H13NO4S/c11-6-9-10-5-8(14-9)7-1-3-15(12,13)4-2-7/h5,7,11H,1-4,6H2. The molecule has 0 saturated carbocycles. The molecule has 0 unspecified atom stereocenters. The van der Waals surface area contributed by atoms with Crippen molar-refractivity contribution in [3.8, 4) is 0 Å². The largest absolute Gasteiger partial charge is 0.443 e. The summed E-state index contributed by atoms with van der Waals surface area (Å²) in [7, 11) is -2.83. The fraction of sp³-hybridized carbons (Fsp3) is 0.667. The number of oxazole rings is 1. The molecule has 0 aromatic carbocycles. The van der Waals surface area contributed by atoms with Crippen LogP contribution in [0, 0.1) is 0 Å². The first kappa shape index (κ1) is 10.6. The van der Waals surface area contributed by atoms with Gasteiger partial charge in [0, 0.05) is 5.92 Å². The number of hydrogen-bond acceptors (Lipinski definition) is 5. The molecule has 1 aromatic rings. The molecule has 0 radical (unpaired) electrons. The lowest BCUT2D eigenvalue weighted by atomic mass is 10.0. The zero-order valence-corrected chi connectivity index (χ0v) is 9.03. The number of aromatic nitrogens is 1. The van der Waals surface area contributed by atoms with Crippen LogP contribution in [-0.2, 0) is 16.4 Å². The molecule has 0 amide bonds. The minimum atomic E-state index is -2.83. The fourth-order valence-corrected chi connectivity index (χ4v) is 3.25. The zero-order chi connectivity index (χ0) is 10.9. The summed E-state index contributed by atoms with van der Waals surface area (Å²) in [5.41, 5.74) is 0. The average molecular weight is 231 g/mol. The minimum absolute atomic E-state index is 0.126. The number of nitrogens with zero attached hydrogens (tertiary/aromatic N) is 1. The number of rotatable bonds is 2. The lowest BCUT2D eigenvalue weighted by Gasteiger charge is -2.19. The predicted molar refractivity (Wildman–Crippen MR) is 53.1 cm³/mol. The zero-order valence-electron chi connectivity index (χ0n) is 8.22. The van der Waals surface area contributed by atoms with E-state index in [0.717, 1.165) is 0 Å². The van der Waals surface area contributed by atoms with E-state index in [9.17, 15) is 8.42 Å². The molecule has 15 heavy (non-hydrogen) atoms. The highest BCUT2D eigenvalue weighted by molar-refractivity contribution is 7.91. The van der Waals surface area contributed by atoms with Crippen LogP contribution in [0.3, 0.4) is 0 Å². The van der Waals surface area contributed by atoms with Crippen LogP contribution in [0.25, 0.3) is 0 Å². The highest BCUT2D eigenvalue weighted by atomic mass is 32.2. The maximum atomic E-state index is 11.2. The highest BCUT2D eigenvalue weighted by Gasteiger charge is 2.26. The monoisotopic (exact) mass is 231 g/mol. The Kier molecular flexibility index (Phi) is 2.79. The van der Waals surface area contributed by atoms with Crippen molar-refractivity contribution in [1.82, 2.24) is 4.98 Å². The van der Waals surface area contributed by atoms with Gasteiger partial charge in [0.2, 0.25) is 5.89 Å². The SMILES string of the molecule is O=S1(=O)CCC(c2cnc(CO)o2)CC1. The highest BCUT2D eigenvalue weighted by Crippen LogP contribution is 2.29. The van der Waals surface area contributed by atoms with Gasteiger partial charge >= 0.3 is 0 Å². The molecule has 0 bridgehead atoms. The Labute approximate surface area is 88.0 Å². The van der Waals surface area contributed by atoms with Gasteiger partial charge < -0.3 is 9.52 Å². The molecule has 1 aromatic heterocycles. The Hall–Kier alpha value is -0.880. The summed E-state index contributed by atoms with van der Waals surface area (Å²) < 4.78 is 27.7. The van der Waals surface area contributed by atoms with Crippen molar-refractivity contribution in [2.75, 3.05) is 11.5 Å².